The number of benzene rings is 3. The van der Waals surface area contributed by atoms with Gasteiger partial charge in [0.25, 0.3) is 0 Å². The lowest BCUT2D eigenvalue weighted by molar-refractivity contribution is 1.18. The Bertz CT molecular complexity index is 832. The van der Waals surface area contributed by atoms with Crippen molar-refractivity contribution in [1.82, 2.24) is 0 Å². The molecule has 1 heteroatoms. The lowest BCUT2D eigenvalue weighted by Crippen LogP contribution is -2.06. The van der Waals surface area contributed by atoms with Crippen molar-refractivity contribution in [2.45, 2.75) is 20.3 Å². The number of hydrogen-bond donors (Lipinski definition) is 1. The first-order valence-corrected chi connectivity index (χ1v) is 7.93. The van der Waals surface area contributed by atoms with Gasteiger partial charge in [0.05, 0.1) is 5.71 Å². The molecule has 0 spiro atoms. The maximum Gasteiger partial charge on any atom is 0.0687 e. The highest BCUT2D eigenvalue weighted by atomic mass is 14.4. The van der Waals surface area contributed by atoms with Gasteiger partial charge in [0, 0.05) is 11.1 Å². The van der Waals surface area contributed by atoms with Crippen LogP contribution in [0.3, 0.4) is 0 Å². The molecule has 0 radical (unpaired) electrons. The lowest BCUT2D eigenvalue weighted by Gasteiger charge is -2.12. The third kappa shape index (κ3) is 3.40. The molecule has 0 amide bonds. The second-order valence-corrected chi connectivity index (χ2v) is 5.99. The Kier molecular flexibility index (Phi) is 4.38. The summed E-state index contributed by atoms with van der Waals surface area (Å²) in [5.74, 6) is 0. The molecule has 114 valence electrons. The SMILES string of the molecule is Cc1ccc(C(=N)c2ccccc2Cc2ccccc2)cc1C. The Balaban J connectivity index is 1.96. The van der Waals surface area contributed by atoms with Crippen LogP contribution in [0.5, 0.6) is 0 Å². The van der Waals surface area contributed by atoms with Crippen molar-refractivity contribution >= 4 is 5.71 Å². The van der Waals surface area contributed by atoms with E-state index in [9.17, 15) is 0 Å². The highest BCUT2D eigenvalue weighted by Gasteiger charge is 2.10. The Labute approximate surface area is 138 Å². The fraction of sp³-hybridized carbons (Fsp3) is 0.136. The number of hydrogen-bond acceptors (Lipinski definition) is 1. The molecule has 3 rings (SSSR count). The molecule has 0 aliphatic carbocycles. The van der Waals surface area contributed by atoms with E-state index >= 15 is 0 Å². The van der Waals surface area contributed by atoms with Crippen LogP contribution >= 0.6 is 0 Å². The first-order valence-electron chi connectivity index (χ1n) is 7.93. The predicted molar refractivity (Wildman–Crippen MR) is 97.5 cm³/mol. The quantitative estimate of drug-likeness (QED) is 0.631. The predicted octanol–water partition coefficient (Wildman–Crippen LogP) is 5.31. The van der Waals surface area contributed by atoms with E-state index in [1.54, 1.807) is 0 Å². The van der Waals surface area contributed by atoms with Gasteiger partial charge in [0.1, 0.15) is 0 Å². The van der Waals surface area contributed by atoms with Crippen molar-refractivity contribution < 1.29 is 0 Å². The number of rotatable bonds is 4. The molecule has 0 aliphatic heterocycles. The largest absolute Gasteiger partial charge is 0.300 e. The van der Waals surface area contributed by atoms with Crippen molar-refractivity contribution in [3.05, 3.63) is 106 Å². The highest BCUT2D eigenvalue weighted by molar-refractivity contribution is 6.11. The van der Waals surface area contributed by atoms with Crippen molar-refractivity contribution in [2.24, 2.45) is 0 Å². The van der Waals surface area contributed by atoms with E-state index in [2.05, 4.69) is 68.4 Å². The van der Waals surface area contributed by atoms with Crippen molar-refractivity contribution in [2.75, 3.05) is 0 Å². The summed E-state index contributed by atoms with van der Waals surface area (Å²) in [6, 6.07) is 24.9. The highest BCUT2D eigenvalue weighted by Crippen LogP contribution is 2.19. The molecule has 0 heterocycles. The van der Waals surface area contributed by atoms with E-state index in [4.69, 9.17) is 5.41 Å². The smallest absolute Gasteiger partial charge is 0.0687 e. The zero-order valence-corrected chi connectivity index (χ0v) is 13.6. The molecule has 0 atom stereocenters. The van der Waals surface area contributed by atoms with Crippen molar-refractivity contribution in [1.29, 1.82) is 5.41 Å². The fourth-order valence-corrected chi connectivity index (χ4v) is 2.79. The molecule has 1 N–H and O–H groups in total. The Hall–Kier alpha value is -2.67. The molecule has 0 unspecified atom stereocenters. The lowest BCUT2D eigenvalue weighted by atomic mass is 9.92. The van der Waals surface area contributed by atoms with Gasteiger partial charge in [0.15, 0.2) is 0 Å². The summed E-state index contributed by atoms with van der Waals surface area (Å²) in [6.07, 6.45) is 0.851. The second-order valence-electron chi connectivity index (χ2n) is 5.99. The van der Waals surface area contributed by atoms with Crippen LogP contribution in [-0.4, -0.2) is 5.71 Å². The average Bonchev–Trinajstić information content (AvgIpc) is 2.58. The Morgan fingerprint density at radius 2 is 1.48 bits per heavy atom. The van der Waals surface area contributed by atoms with Crippen LogP contribution in [0.4, 0.5) is 0 Å². The summed E-state index contributed by atoms with van der Waals surface area (Å²) in [5.41, 5.74) is 7.55. The standard InChI is InChI=1S/C22H21N/c1-16-12-13-20(14-17(16)2)22(23)21-11-7-6-10-19(21)15-18-8-4-3-5-9-18/h3-14,23H,15H2,1-2H3. The maximum atomic E-state index is 8.64. The van der Waals surface area contributed by atoms with Gasteiger partial charge >= 0.3 is 0 Å². The van der Waals surface area contributed by atoms with Crippen LogP contribution in [0.25, 0.3) is 0 Å². The first kappa shape index (κ1) is 15.2. The summed E-state index contributed by atoms with van der Waals surface area (Å²) in [7, 11) is 0. The number of nitrogens with one attached hydrogen (secondary N) is 1. The Morgan fingerprint density at radius 1 is 0.783 bits per heavy atom. The molecule has 0 aliphatic rings. The van der Waals surface area contributed by atoms with Gasteiger partial charge in [-0.1, -0.05) is 66.7 Å². The van der Waals surface area contributed by atoms with Gasteiger partial charge in [-0.15, -0.1) is 0 Å². The fourth-order valence-electron chi connectivity index (χ4n) is 2.79. The molecule has 0 saturated carbocycles. The zero-order valence-electron chi connectivity index (χ0n) is 13.6. The van der Waals surface area contributed by atoms with Crippen LogP contribution in [-0.2, 0) is 6.42 Å². The molecule has 0 saturated heterocycles. The second kappa shape index (κ2) is 6.62. The normalized spacial score (nSPS) is 10.5. The van der Waals surface area contributed by atoms with Gasteiger partial charge < -0.3 is 0 Å². The average molecular weight is 299 g/mol. The van der Waals surface area contributed by atoms with Crippen LogP contribution in [0.2, 0.25) is 0 Å². The zero-order chi connectivity index (χ0) is 16.2. The minimum absolute atomic E-state index is 0.597. The van der Waals surface area contributed by atoms with Crippen LogP contribution in [0.15, 0.2) is 72.8 Å². The minimum Gasteiger partial charge on any atom is -0.300 e. The van der Waals surface area contributed by atoms with E-state index in [1.165, 1.54) is 22.3 Å². The minimum atomic E-state index is 0.597. The van der Waals surface area contributed by atoms with Gasteiger partial charge in [-0.3, -0.25) is 5.41 Å². The molecule has 0 bridgehead atoms. The van der Waals surface area contributed by atoms with E-state index in [1.807, 2.05) is 18.2 Å². The molecule has 1 nitrogen and oxygen atoms in total. The molecule has 0 fully saturated rings. The van der Waals surface area contributed by atoms with Gasteiger partial charge in [-0.2, -0.15) is 0 Å². The van der Waals surface area contributed by atoms with E-state index in [-0.39, 0.29) is 0 Å². The Morgan fingerprint density at radius 3 is 2.22 bits per heavy atom. The van der Waals surface area contributed by atoms with Gasteiger partial charge in [0.2, 0.25) is 0 Å². The van der Waals surface area contributed by atoms with E-state index < -0.39 is 0 Å². The summed E-state index contributed by atoms with van der Waals surface area (Å²) < 4.78 is 0. The molecular weight excluding hydrogens is 278 g/mol. The third-order valence-corrected chi connectivity index (χ3v) is 4.32. The third-order valence-electron chi connectivity index (χ3n) is 4.32. The summed E-state index contributed by atoms with van der Waals surface area (Å²) >= 11 is 0. The first-order chi connectivity index (χ1) is 11.1. The van der Waals surface area contributed by atoms with Crippen LogP contribution in [0, 0.1) is 19.3 Å². The van der Waals surface area contributed by atoms with E-state index in [0.717, 1.165) is 17.5 Å². The topological polar surface area (TPSA) is 23.9 Å². The molecule has 3 aromatic carbocycles. The van der Waals surface area contributed by atoms with Crippen LogP contribution < -0.4 is 0 Å². The van der Waals surface area contributed by atoms with Crippen molar-refractivity contribution in [3.63, 3.8) is 0 Å². The van der Waals surface area contributed by atoms with E-state index in [0.29, 0.717) is 5.71 Å². The summed E-state index contributed by atoms with van der Waals surface area (Å²) in [5, 5.41) is 8.64. The molecule has 3 aromatic rings. The van der Waals surface area contributed by atoms with Crippen molar-refractivity contribution in [3.8, 4) is 0 Å². The molecular formula is C22H21N. The number of aryl methyl sites for hydroxylation is 2. The van der Waals surface area contributed by atoms with Gasteiger partial charge in [-0.25, -0.2) is 0 Å². The molecule has 0 aromatic heterocycles. The molecule has 23 heavy (non-hydrogen) atoms. The van der Waals surface area contributed by atoms with Crippen LogP contribution in [0.1, 0.15) is 33.4 Å². The monoisotopic (exact) mass is 299 g/mol. The summed E-state index contributed by atoms with van der Waals surface area (Å²) in [6.45, 7) is 4.20. The maximum absolute atomic E-state index is 8.64. The summed E-state index contributed by atoms with van der Waals surface area (Å²) in [4.78, 5) is 0. The van der Waals surface area contributed by atoms with Gasteiger partial charge in [-0.05, 0) is 48.6 Å².